The van der Waals surface area contributed by atoms with E-state index in [-0.39, 0.29) is 36.5 Å². The average Bonchev–Trinajstić information content (AvgIpc) is 3.51. The highest BCUT2D eigenvalue weighted by molar-refractivity contribution is 7.98. The first-order chi connectivity index (χ1) is 18.4. The summed E-state index contributed by atoms with van der Waals surface area (Å²) in [7, 11) is 1.97. The third-order valence-electron chi connectivity index (χ3n) is 5.15. The van der Waals surface area contributed by atoms with Crippen LogP contribution in [0.1, 0.15) is 26.8 Å². The standard InChI is InChI=1S/C15H11N5O3S.C6H4ClF.C4H11NS/c21-7-11-17-14(9-5-16-12(22)6-20(9)11)18-15(23)13-8-3-1-2-4-10(8)24-19-13;7-5-1-3-6(8)4-2-5;1-5-3-4-6-2/h1-4,7H,5-6H2,(H,16,22)(H,18,23);1-4H;5H,3-4H2,1-2H3. The number of imidazole rings is 1. The van der Waals surface area contributed by atoms with Crippen LogP contribution in [0.5, 0.6) is 0 Å². The quantitative estimate of drug-likeness (QED) is 0.232. The predicted molar refractivity (Wildman–Crippen MR) is 151 cm³/mol. The molecule has 3 N–H and O–H groups in total. The smallest absolute Gasteiger partial charge is 0.277 e. The molecule has 1 aliphatic heterocycles. The molecule has 0 aliphatic carbocycles. The van der Waals surface area contributed by atoms with Gasteiger partial charge in [0.05, 0.1) is 16.9 Å². The number of aromatic nitrogens is 3. The molecular formula is C25H26ClFN6O3S2. The van der Waals surface area contributed by atoms with Crippen LogP contribution in [0.15, 0.2) is 48.5 Å². The number of hydrogen-bond donors (Lipinski definition) is 3. The monoisotopic (exact) mass is 576 g/mol. The predicted octanol–water partition coefficient (Wildman–Crippen LogP) is 4.24. The van der Waals surface area contributed by atoms with E-state index in [1.54, 1.807) is 0 Å². The van der Waals surface area contributed by atoms with Crippen molar-refractivity contribution in [2.75, 3.05) is 30.9 Å². The van der Waals surface area contributed by atoms with E-state index in [9.17, 15) is 18.8 Å². The minimum atomic E-state index is -0.400. The molecule has 2 amide bonds. The Balaban J connectivity index is 0.000000235. The number of carbonyl (C=O) groups excluding carboxylic acids is 3. The van der Waals surface area contributed by atoms with Gasteiger partial charge in [-0.3, -0.25) is 14.4 Å². The fraction of sp³-hybridized carbons (Fsp3) is 0.240. The van der Waals surface area contributed by atoms with Gasteiger partial charge in [0.2, 0.25) is 5.91 Å². The average molecular weight is 577 g/mol. The van der Waals surface area contributed by atoms with Gasteiger partial charge in [-0.15, -0.1) is 0 Å². The van der Waals surface area contributed by atoms with Crippen molar-refractivity contribution < 1.29 is 18.8 Å². The summed E-state index contributed by atoms with van der Waals surface area (Å²) >= 11 is 8.55. The van der Waals surface area contributed by atoms with Crippen LogP contribution in [0.3, 0.4) is 0 Å². The Morgan fingerprint density at radius 3 is 2.63 bits per heavy atom. The summed E-state index contributed by atoms with van der Waals surface area (Å²) in [5, 5.41) is 9.74. The second-order valence-corrected chi connectivity index (χ2v) is 9.99. The zero-order valence-electron chi connectivity index (χ0n) is 20.7. The van der Waals surface area contributed by atoms with Gasteiger partial charge in [0.1, 0.15) is 18.1 Å². The lowest BCUT2D eigenvalue weighted by atomic mass is 10.2. The Labute approximate surface area is 232 Å². The molecule has 2 aromatic carbocycles. The Kier molecular flexibility index (Phi) is 11.2. The van der Waals surface area contributed by atoms with Gasteiger partial charge < -0.3 is 20.5 Å². The van der Waals surface area contributed by atoms with Crippen LogP contribution in [-0.2, 0) is 17.9 Å². The van der Waals surface area contributed by atoms with Crippen LogP contribution in [0, 0.1) is 5.82 Å². The van der Waals surface area contributed by atoms with Gasteiger partial charge in [0, 0.05) is 22.7 Å². The molecule has 0 atom stereocenters. The molecule has 0 bridgehead atoms. The van der Waals surface area contributed by atoms with Crippen molar-refractivity contribution in [1.82, 2.24) is 24.6 Å². The van der Waals surface area contributed by atoms with Crippen molar-refractivity contribution in [3.8, 4) is 0 Å². The molecule has 3 heterocycles. The van der Waals surface area contributed by atoms with Crippen LogP contribution in [0.25, 0.3) is 10.1 Å². The highest BCUT2D eigenvalue weighted by atomic mass is 35.5. The zero-order valence-corrected chi connectivity index (χ0v) is 23.1. The lowest BCUT2D eigenvalue weighted by molar-refractivity contribution is -0.122. The van der Waals surface area contributed by atoms with Crippen molar-refractivity contribution in [3.63, 3.8) is 0 Å². The molecule has 200 valence electrons. The summed E-state index contributed by atoms with van der Waals surface area (Å²) in [4.78, 5) is 39.3. The van der Waals surface area contributed by atoms with Crippen LogP contribution < -0.4 is 16.0 Å². The van der Waals surface area contributed by atoms with Crippen LogP contribution in [0.4, 0.5) is 10.2 Å². The summed E-state index contributed by atoms with van der Waals surface area (Å²) in [6, 6.07) is 13.1. The topological polar surface area (TPSA) is 118 Å². The summed E-state index contributed by atoms with van der Waals surface area (Å²) in [6.45, 7) is 1.33. The van der Waals surface area contributed by atoms with Gasteiger partial charge in [0.15, 0.2) is 17.9 Å². The number of rotatable bonds is 6. The minimum absolute atomic E-state index is 0.00586. The summed E-state index contributed by atoms with van der Waals surface area (Å²) in [5.41, 5.74) is 0.898. The van der Waals surface area contributed by atoms with Gasteiger partial charge in [0.25, 0.3) is 5.91 Å². The summed E-state index contributed by atoms with van der Waals surface area (Å²) < 4.78 is 18.6. The van der Waals surface area contributed by atoms with E-state index < -0.39 is 5.91 Å². The molecule has 0 fully saturated rings. The summed E-state index contributed by atoms with van der Waals surface area (Å²) in [5.74, 6) is 0.734. The number of benzene rings is 2. The van der Waals surface area contributed by atoms with Gasteiger partial charge in [-0.05, 0) is 55.2 Å². The Bertz CT molecular complexity index is 1370. The number of nitrogens with zero attached hydrogens (tertiary/aromatic N) is 3. The van der Waals surface area contributed by atoms with E-state index in [1.807, 2.05) is 43.1 Å². The fourth-order valence-corrected chi connectivity index (χ4v) is 4.59. The maximum Gasteiger partial charge on any atom is 0.277 e. The number of hydrogen-bond acceptors (Lipinski definition) is 8. The fourth-order valence-electron chi connectivity index (χ4n) is 3.28. The highest BCUT2D eigenvalue weighted by Crippen LogP contribution is 2.24. The molecule has 0 saturated heterocycles. The molecule has 2 aromatic heterocycles. The number of nitrogens with one attached hydrogen (secondary N) is 3. The van der Waals surface area contributed by atoms with Gasteiger partial charge in [-0.1, -0.05) is 29.8 Å². The number of anilines is 1. The van der Waals surface area contributed by atoms with Crippen LogP contribution >= 0.6 is 34.9 Å². The van der Waals surface area contributed by atoms with Crippen molar-refractivity contribution in [2.24, 2.45) is 0 Å². The van der Waals surface area contributed by atoms with Crippen molar-refractivity contribution in [1.29, 1.82) is 0 Å². The number of aldehydes is 1. The van der Waals surface area contributed by atoms with E-state index in [0.717, 1.165) is 16.6 Å². The Morgan fingerprint density at radius 1 is 1.26 bits per heavy atom. The molecule has 9 nitrogen and oxygen atoms in total. The zero-order chi connectivity index (χ0) is 27.5. The molecule has 0 spiro atoms. The van der Waals surface area contributed by atoms with E-state index in [4.69, 9.17) is 11.6 Å². The van der Waals surface area contributed by atoms with Gasteiger partial charge in [-0.25, -0.2) is 9.37 Å². The van der Waals surface area contributed by atoms with Crippen LogP contribution in [-0.4, -0.2) is 57.6 Å². The minimum Gasteiger partial charge on any atom is -0.349 e. The van der Waals surface area contributed by atoms with Crippen LogP contribution in [0.2, 0.25) is 5.02 Å². The third-order valence-corrected chi connectivity index (χ3v) is 6.84. The molecule has 0 saturated carbocycles. The Morgan fingerprint density at radius 2 is 2.00 bits per heavy atom. The number of carbonyl (C=O) groups is 3. The van der Waals surface area contributed by atoms with Crippen molar-refractivity contribution in [3.05, 3.63) is 76.6 Å². The summed E-state index contributed by atoms with van der Waals surface area (Å²) in [6.07, 6.45) is 2.67. The lowest BCUT2D eigenvalue weighted by Crippen LogP contribution is -2.35. The number of halogens is 2. The van der Waals surface area contributed by atoms with Gasteiger partial charge >= 0.3 is 0 Å². The molecule has 0 radical (unpaired) electrons. The first kappa shape index (κ1) is 29.2. The number of thioether (sulfide) groups is 1. The molecule has 13 heteroatoms. The first-order valence-corrected chi connectivity index (χ1v) is 13.9. The van der Waals surface area contributed by atoms with Crippen molar-refractivity contribution in [2.45, 2.75) is 13.1 Å². The normalized spacial score (nSPS) is 11.8. The van der Waals surface area contributed by atoms with Gasteiger partial charge in [-0.2, -0.15) is 16.1 Å². The number of amides is 2. The maximum atomic E-state index is 12.5. The molecule has 4 aromatic rings. The number of fused-ring (bicyclic) bond motifs is 2. The largest absolute Gasteiger partial charge is 0.349 e. The molecule has 0 unspecified atom stereocenters. The second-order valence-electron chi connectivity index (χ2n) is 7.76. The van der Waals surface area contributed by atoms with Crippen molar-refractivity contribution >= 4 is 68.9 Å². The molecular weight excluding hydrogens is 551 g/mol. The van der Waals surface area contributed by atoms with E-state index in [1.165, 1.54) is 46.1 Å². The highest BCUT2D eigenvalue weighted by Gasteiger charge is 2.25. The third kappa shape index (κ3) is 7.84. The van der Waals surface area contributed by atoms with E-state index in [2.05, 4.69) is 31.6 Å². The van der Waals surface area contributed by atoms with E-state index in [0.29, 0.717) is 22.7 Å². The SMILES string of the molecule is CNCCSC.Fc1ccc(Cl)cc1.O=Cc1nc(NC(=O)c2nsc3ccccc23)c2n1CC(=O)NC2. The molecule has 38 heavy (non-hydrogen) atoms. The Hall–Kier alpha value is -3.32. The first-order valence-electron chi connectivity index (χ1n) is 11.4. The van der Waals surface area contributed by atoms with E-state index >= 15 is 0 Å². The lowest BCUT2D eigenvalue weighted by Gasteiger charge is -2.16. The molecule has 5 rings (SSSR count). The maximum absolute atomic E-state index is 12.5. The molecule has 1 aliphatic rings. The second kappa shape index (κ2) is 14.6.